The summed E-state index contributed by atoms with van der Waals surface area (Å²) >= 11 is 0. The molecule has 1 aromatic carbocycles. The maximum absolute atomic E-state index is 13.2. The van der Waals surface area contributed by atoms with E-state index in [1.54, 1.807) is 0 Å². The van der Waals surface area contributed by atoms with Gasteiger partial charge in [-0.15, -0.1) is 0 Å². The molecule has 0 bridgehead atoms. The minimum absolute atomic E-state index is 0.0394. The Bertz CT molecular complexity index is 585. The third kappa shape index (κ3) is 2.64. The summed E-state index contributed by atoms with van der Waals surface area (Å²) in [7, 11) is -3.55. The van der Waals surface area contributed by atoms with Crippen LogP contribution in [0, 0.1) is 5.82 Å². The highest BCUT2D eigenvalue weighted by Crippen LogP contribution is 2.36. The second-order valence-electron chi connectivity index (χ2n) is 3.54. The predicted octanol–water partition coefficient (Wildman–Crippen LogP) is 0.528. The number of sulfonamides is 1. The van der Waals surface area contributed by atoms with E-state index in [9.17, 15) is 17.6 Å². The van der Waals surface area contributed by atoms with Crippen LogP contribution in [0.15, 0.2) is 12.1 Å². The molecule has 0 aromatic heterocycles. The molecule has 0 saturated carbocycles. The number of halogens is 1. The van der Waals surface area contributed by atoms with Gasteiger partial charge < -0.3 is 10.1 Å². The van der Waals surface area contributed by atoms with Gasteiger partial charge in [0.15, 0.2) is 12.4 Å². The average molecular weight is 260 g/mol. The molecule has 0 saturated heterocycles. The van der Waals surface area contributed by atoms with E-state index in [-0.39, 0.29) is 23.7 Å². The molecule has 0 spiro atoms. The summed E-state index contributed by atoms with van der Waals surface area (Å²) in [6.07, 6.45) is 0.936. The fourth-order valence-electron chi connectivity index (χ4n) is 1.44. The van der Waals surface area contributed by atoms with Crippen molar-refractivity contribution in [2.45, 2.75) is 0 Å². The second kappa shape index (κ2) is 3.88. The van der Waals surface area contributed by atoms with Gasteiger partial charge in [0, 0.05) is 12.1 Å². The van der Waals surface area contributed by atoms with Gasteiger partial charge >= 0.3 is 0 Å². The molecule has 0 aliphatic carbocycles. The molecule has 8 heteroatoms. The maximum atomic E-state index is 13.2. The first-order chi connectivity index (χ1) is 7.85. The van der Waals surface area contributed by atoms with Crippen LogP contribution in [0.2, 0.25) is 0 Å². The lowest BCUT2D eigenvalue weighted by atomic mass is 10.2. The van der Waals surface area contributed by atoms with E-state index in [0.717, 1.165) is 18.4 Å². The van der Waals surface area contributed by atoms with Gasteiger partial charge in [0.2, 0.25) is 10.0 Å². The zero-order valence-corrected chi connectivity index (χ0v) is 9.60. The fourth-order valence-corrected chi connectivity index (χ4v) is 1.99. The van der Waals surface area contributed by atoms with Crippen molar-refractivity contribution in [3.63, 3.8) is 0 Å². The van der Waals surface area contributed by atoms with Crippen molar-refractivity contribution in [2.24, 2.45) is 0 Å². The fraction of sp³-hybridized carbons (Fsp3) is 0.222. The molecule has 6 nitrogen and oxygen atoms in total. The van der Waals surface area contributed by atoms with Crippen LogP contribution < -0.4 is 14.8 Å². The molecular formula is C9H9FN2O4S. The third-order valence-electron chi connectivity index (χ3n) is 1.97. The number of carbonyl (C=O) groups excluding carboxylic acids is 1. The number of ether oxygens (including phenoxy) is 1. The lowest BCUT2D eigenvalue weighted by molar-refractivity contribution is -0.118. The number of nitrogens with one attached hydrogen (secondary N) is 2. The van der Waals surface area contributed by atoms with Gasteiger partial charge in [0.1, 0.15) is 5.82 Å². The molecule has 1 aliphatic heterocycles. The minimum Gasteiger partial charge on any atom is -0.479 e. The second-order valence-corrected chi connectivity index (χ2v) is 5.29. The molecule has 0 fully saturated rings. The van der Waals surface area contributed by atoms with Gasteiger partial charge in [0.05, 0.1) is 17.6 Å². The van der Waals surface area contributed by atoms with E-state index >= 15 is 0 Å². The number of amides is 1. The monoisotopic (exact) mass is 260 g/mol. The highest BCUT2D eigenvalue weighted by molar-refractivity contribution is 7.92. The first-order valence-electron chi connectivity index (χ1n) is 4.59. The van der Waals surface area contributed by atoms with Crippen molar-refractivity contribution in [1.82, 2.24) is 0 Å². The first kappa shape index (κ1) is 11.6. The predicted molar refractivity (Wildman–Crippen MR) is 59.0 cm³/mol. The molecule has 0 unspecified atom stereocenters. The Kier molecular flexibility index (Phi) is 2.66. The zero-order valence-electron chi connectivity index (χ0n) is 8.78. The smallest absolute Gasteiger partial charge is 0.262 e. The normalized spacial score (nSPS) is 14.6. The van der Waals surface area contributed by atoms with E-state index in [1.807, 2.05) is 0 Å². The van der Waals surface area contributed by atoms with Gasteiger partial charge in [-0.2, -0.15) is 0 Å². The molecule has 2 N–H and O–H groups in total. The molecule has 0 atom stereocenters. The zero-order chi connectivity index (χ0) is 12.6. The highest BCUT2D eigenvalue weighted by atomic mass is 32.2. The van der Waals surface area contributed by atoms with Crippen LogP contribution >= 0.6 is 0 Å². The molecule has 0 radical (unpaired) electrons. The average Bonchev–Trinajstić information content (AvgIpc) is 2.13. The SMILES string of the molecule is CS(=O)(=O)Nc1cc(F)cc2c1OCC(=O)N2. The number of rotatable bonds is 2. The Hall–Kier alpha value is -1.83. The van der Waals surface area contributed by atoms with Crippen LogP contribution in [-0.4, -0.2) is 27.2 Å². The Morgan fingerprint density at radius 1 is 1.47 bits per heavy atom. The first-order valence-corrected chi connectivity index (χ1v) is 6.48. The maximum Gasteiger partial charge on any atom is 0.262 e. The largest absolute Gasteiger partial charge is 0.479 e. The number of carbonyl (C=O) groups is 1. The van der Waals surface area contributed by atoms with E-state index in [4.69, 9.17) is 4.74 Å². The van der Waals surface area contributed by atoms with E-state index in [0.29, 0.717) is 0 Å². The van der Waals surface area contributed by atoms with E-state index in [2.05, 4.69) is 10.0 Å². The molecule has 17 heavy (non-hydrogen) atoms. The van der Waals surface area contributed by atoms with Crippen molar-refractivity contribution in [1.29, 1.82) is 0 Å². The molecule has 1 amide bonds. The quantitative estimate of drug-likeness (QED) is 0.812. The number of fused-ring (bicyclic) bond motifs is 1. The molecule has 1 aliphatic rings. The highest BCUT2D eigenvalue weighted by Gasteiger charge is 2.22. The van der Waals surface area contributed by atoms with Crippen LogP contribution in [0.1, 0.15) is 0 Å². The topological polar surface area (TPSA) is 84.5 Å². The molecular weight excluding hydrogens is 251 g/mol. The number of hydrogen-bond acceptors (Lipinski definition) is 4. The molecule has 92 valence electrons. The van der Waals surface area contributed by atoms with E-state index < -0.39 is 21.7 Å². The van der Waals surface area contributed by atoms with Gasteiger partial charge in [0.25, 0.3) is 5.91 Å². The van der Waals surface area contributed by atoms with Crippen molar-refractivity contribution in [2.75, 3.05) is 22.9 Å². The Labute approximate surface area is 96.8 Å². The van der Waals surface area contributed by atoms with Crippen LogP contribution in [0.5, 0.6) is 5.75 Å². The molecule has 1 aromatic rings. The van der Waals surface area contributed by atoms with Crippen molar-refractivity contribution < 1.29 is 22.3 Å². The van der Waals surface area contributed by atoms with Gasteiger partial charge in [-0.1, -0.05) is 0 Å². The van der Waals surface area contributed by atoms with Crippen molar-refractivity contribution in [3.8, 4) is 5.75 Å². The van der Waals surface area contributed by atoms with Gasteiger partial charge in [-0.25, -0.2) is 12.8 Å². The summed E-state index contributed by atoms with van der Waals surface area (Å²) in [5.41, 5.74) is 0.0647. The van der Waals surface area contributed by atoms with Gasteiger partial charge in [-0.3, -0.25) is 9.52 Å². The summed E-state index contributed by atoms with van der Waals surface area (Å²) in [5.74, 6) is -0.995. The Morgan fingerprint density at radius 2 is 2.18 bits per heavy atom. The van der Waals surface area contributed by atoms with Gasteiger partial charge in [-0.05, 0) is 0 Å². The number of benzene rings is 1. The van der Waals surface area contributed by atoms with Crippen molar-refractivity contribution in [3.05, 3.63) is 17.9 Å². The number of anilines is 2. The standard InChI is InChI=1S/C9H9FN2O4S/c1-17(14,15)12-7-3-5(10)2-6-9(7)16-4-8(13)11-6/h2-3,12H,4H2,1H3,(H,11,13). The summed E-state index contributed by atoms with van der Waals surface area (Å²) in [4.78, 5) is 11.0. The summed E-state index contributed by atoms with van der Waals surface area (Å²) < 4.78 is 42.6. The van der Waals surface area contributed by atoms with Crippen LogP contribution in [0.25, 0.3) is 0 Å². The van der Waals surface area contributed by atoms with Crippen LogP contribution in [0.3, 0.4) is 0 Å². The summed E-state index contributed by atoms with van der Waals surface area (Å²) in [6, 6.07) is 2.04. The molecule has 1 heterocycles. The lowest BCUT2D eigenvalue weighted by Gasteiger charge is -2.20. The van der Waals surface area contributed by atoms with Crippen LogP contribution in [-0.2, 0) is 14.8 Å². The Balaban J connectivity index is 2.49. The van der Waals surface area contributed by atoms with Crippen LogP contribution in [0.4, 0.5) is 15.8 Å². The van der Waals surface area contributed by atoms with Crippen molar-refractivity contribution >= 4 is 27.3 Å². The third-order valence-corrected chi connectivity index (χ3v) is 2.56. The summed E-state index contributed by atoms with van der Waals surface area (Å²) in [6.45, 7) is -0.239. The Morgan fingerprint density at radius 3 is 2.82 bits per heavy atom. The lowest BCUT2D eigenvalue weighted by Crippen LogP contribution is -2.26. The minimum atomic E-state index is -3.55. The number of hydrogen-bond donors (Lipinski definition) is 2. The van der Waals surface area contributed by atoms with E-state index in [1.165, 1.54) is 0 Å². The summed E-state index contributed by atoms with van der Waals surface area (Å²) in [5, 5.41) is 2.39. The molecule has 2 rings (SSSR count).